The molecule has 0 spiro atoms. The van der Waals surface area contributed by atoms with Crippen LogP contribution in [0.4, 0.5) is 5.69 Å². The maximum Gasteiger partial charge on any atom is 0.0367 e. The van der Waals surface area contributed by atoms with Crippen molar-refractivity contribution in [2.45, 2.75) is 26.3 Å². The molecule has 0 saturated carbocycles. The van der Waals surface area contributed by atoms with Gasteiger partial charge in [-0.25, -0.2) is 0 Å². The van der Waals surface area contributed by atoms with Crippen LogP contribution in [0.5, 0.6) is 0 Å². The minimum Gasteiger partial charge on any atom is -0.370 e. The smallest absolute Gasteiger partial charge is 0.0367 e. The third-order valence-corrected chi connectivity index (χ3v) is 4.17. The number of hydrogen-bond acceptors (Lipinski definition) is 2. The van der Waals surface area contributed by atoms with Crippen LogP contribution in [0, 0.1) is 5.41 Å². The molecule has 16 heavy (non-hydrogen) atoms. The van der Waals surface area contributed by atoms with Gasteiger partial charge in [-0.3, -0.25) is 0 Å². The highest BCUT2D eigenvalue weighted by Gasteiger charge is 2.32. The highest BCUT2D eigenvalue weighted by atomic mass is 79.9. The standard InChI is InChI=1S/C13H19BrN2/c1-13(2)7-8-16(9-12(13)15)11-5-3-10(14)4-6-11/h3-6,12H,7-9,15H2,1-2H3. The summed E-state index contributed by atoms with van der Waals surface area (Å²) >= 11 is 3.46. The van der Waals surface area contributed by atoms with Crippen LogP contribution in [-0.4, -0.2) is 19.1 Å². The summed E-state index contributed by atoms with van der Waals surface area (Å²) in [6.07, 6.45) is 1.16. The van der Waals surface area contributed by atoms with Crippen LogP contribution in [-0.2, 0) is 0 Å². The maximum atomic E-state index is 6.22. The van der Waals surface area contributed by atoms with Gasteiger partial charge in [-0.05, 0) is 36.1 Å². The number of anilines is 1. The van der Waals surface area contributed by atoms with Gasteiger partial charge < -0.3 is 10.6 Å². The van der Waals surface area contributed by atoms with E-state index < -0.39 is 0 Å². The van der Waals surface area contributed by atoms with Crippen molar-refractivity contribution in [1.82, 2.24) is 0 Å². The Morgan fingerprint density at radius 1 is 1.31 bits per heavy atom. The van der Waals surface area contributed by atoms with E-state index in [1.807, 2.05) is 0 Å². The van der Waals surface area contributed by atoms with Gasteiger partial charge in [0, 0.05) is 29.3 Å². The second kappa shape index (κ2) is 4.38. The van der Waals surface area contributed by atoms with Crippen molar-refractivity contribution in [3.05, 3.63) is 28.7 Å². The van der Waals surface area contributed by atoms with Gasteiger partial charge in [-0.2, -0.15) is 0 Å². The molecule has 3 heteroatoms. The first-order valence-electron chi connectivity index (χ1n) is 5.75. The number of nitrogens with two attached hydrogens (primary N) is 1. The Hall–Kier alpha value is -0.540. The number of halogens is 1. The summed E-state index contributed by atoms with van der Waals surface area (Å²) in [5.74, 6) is 0. The van der Waals surface area contributed by atoms with E-state index in [1.165, 1.54) is 5.69 Å². The minimum atomic E-state index is 0.255. The lowest BCUT2D eigenvalue weighted by Crippen LogP contribution is -2.52. The molecular formula is C13H19BrN2. The van der Waals surface area contributed by atoms with Gasteiger partial charge in [0.1, 0.15) is 0 Å². The zero-order valence-corrected chi connectivity index (χ0v) is 11.5. The van der Waals surface area contributed by atoms with Gasteiger partial charge in [-0.15, -0.1) is 0 Å². The molecule has 1 unspecified atom stereocenters. The molecule has 1 aromatic rings. The molecule has 2 rings (SSSR count). The van der Waals surface area contributed by atoms with Crippen LogP contribution in [0.15, 0.2) is 28.7 Å². The summed E-state index contributed by atoms with van der Waals surface area (Å²) in [5, 5.41) is 0. The Kier molecular flexibility index (Phi) is 3.27. The van der Waals surface area contributed by atoms with E-state index in [9.17, 15) is 0 Å². The number of nitrogens with zero attached hydrogens (tertiary/aromatic N) is 1. The van der Waals surface area contributed by atoms with Crippen molar-refractivity contribution in [2.75, 3.05) is 18.0 Å². The molecule has 0 amide bonds. The van der Waals surface area contributed by atoms with Crippen LogP contribution in [0.3, 0.4) is 0 Å². The molecule has 88 valence electrons. The van der Waals surface area contributed by atoms with Crippen LogP contribution in [0.2, 0.25) is 0 Å². The predicted molar refractivity (Wildman–Crippen MR) is 72.7 cm³/mol. The summed E-state index contributed by atoms with van der Waals surface area (Å²) < 4.78 is 1.12. The predicted octanol–water partition coefficient (Wildman–Crippen LogP) is 3.01. The SMILES string of the molecule is CC1(C)CCN(c2ccc(Br)cc2)CC1N. The van der Waals surface area contributed by atoms with E-state index in [-0.39, 0.29) is 11.5 Å². The first-order valence-corrected chi connectivity index (χ1v) is 6.54. The summed E-state index contributed by atoms with van der Waals surface area (Å²) in [7, 11) is 0. The zero-order valence-electron chi connectivity index (χ0n) is 9.91. The van der Waals surface area contributed by atoms with Gasteiger partial charge in [0.05, 0.1) is 0 Å². The highest BCUT2D eigenvalue weighted by Crippen LogP contribution is 2.31. The van der Waals surface area contributed by atoms with Crippen molar-refractivity contribution in [1.29, 1.82) is 0 Å². The van der Waals surface area contributed by atoms with Gasteiger partial charge in [-0.1, -0.05) is 29.8 Å². The molecule has 1 aliphatic heterocycles. The fraction of sp³-hybridized carbons (Fsp3) is 0.538. The topological polar surface area (TPSA) is 29.3 Å². The molecule has 0 radical (unpaired) electrons. The summed E-state index contributed by atoms with van der Waals surface area (Å²) in [6.45, 7) is 6.57. The summed E-state index contributed by atoms with van der Waals surface area (Å²) in [5.41, 5.74) is 7.76. The Bertz CT molecular complexity index is 359. The highest BCUT2D eigenvalue weighted by molar-refractivity contribution is 9.10. The van der Waals surface area contributed by atoms with Crippen LogP contribution >= 0.6 is 15.9 Å². The van der Waals surface area contributed by atoms with Gasteiger partial charge >= 0.3 is 0 Å². The lowest BCUT2D eigenvalue weighted by atomic mass is 9.78. The molecular weight excluding hydrogens is 264 g/mol. The number of rotatable bonds is 1. The van der Waals surface area contributed by atoms with Crippen molar-refractivity contribution >= 4 is 21.6 Å². The molecule has 0 aliphatic carbocycles. The normalized spacial score (nSPS) is 24.5. The Labute approximate surface area is 106 Å². The molecule has 1 saturated heterocycles. The zero-order chi connectivity index (χ0) is 11.8. The molecule has 1 fully saturated rings. The van der Waals surface area contributed by atoms with E-state index in [2.05, 4.69) is 58.9 Å². The van der Waals surface area contributed by atoms with E-state index >= 15 is 0 Å². The molecule has 2 N–H and O–H groups in total. The molecule has 0 aromatic heterocycles. The quantitative estimate of drug-likeness (QED) is 0.858. The molecule has 1 heterocycles. The second-order valence-electron chi connectivity index (χ2n) is 5.27. The third kappa shape index (κ3) is 2.41. The molecule has 1 aliphatic rings. The molecule has 1 atom stereocenters. The van der Waals surface area contributed by atoms with Crippen LogP contribution in [0.25, 0.3) is 0 Å². The van der Waals surface area contributed by atoms with Gasteiger partial charge in [0.25, 0.3) is 0 Å². The first kappa shape index (κ1) is 11.9. The van der Waals surface area contributed by atoms with Crippen molar-refractivity contribution in [3.8, 4) is 0 Å². The van der Waals surface area contributed by atoms with Crippen LogP contribution < -0.4 is 10.6 Å². The Morgan fingerprint density at radius 3 is 2.50 bits per heavy atom. The number of hydrogen-bond donors (Lipinski definition) is 1. The lowest BCUT2D eigenvalue weighted by molar-refractivity contribution is 0.235. The van der Waals surface area contributed by atoms with E-state index in [1.54, 1.807) is 0 Å². The Morgan fingerprint density at radius 2 is 1.94 bits per heavy atom. The fourth-order valence-corrected chi connectivity index (χ4v) is 2.34. The van der Waals surface area contributed by atoms with E-state index in [0.29, 0.717) is 0 Å². The second-order valence-corrected chi connectivity index (χ2v) is 6.18. The van der Waals surface area contributed by atoms with E-state index in [4.69, 9.17) is 5.73 Å². The van der Waals surface area contributed by atoms with Gasteiger partial charge in [0.15, 0.2) is 0 Å². The van der Waals surface area contributed by atoms with Crippen molar-refractivity contribution in [3.63, 3.8) is 0 Å². The van der Waals surface area contributed by atoms with Crippen LogP contribution in [0.1, 0.15) is 20.3 Å². The largest absolute Gasteiger partial charge is 0.370 e. The lowest BCUT2D eigenvalue weighted by Gasteiger charge is -2.43. The number of piperidine rings is 1. The number of benzene rings is 1. The van der Waals surface area contributed by atoms with Crippen molar-refractivity contribution in [2.24, 2.45) is 11.1 Å². The molecule has 2 nitrogen and oxygen atoms in total. The first-order chi connectivity index (χ1) is 7.49. The maximum absolute atomic E-state index is 6.22. The summed E-state index contributed by atoms with van der Waals surface area (Å²) in [4.78, 5) is 2.38. The molecule has 0 bridgehead atoms. The third-order valence-electron chi connectivity index (χ3n) is 3.64. The average molecular weight is 283 g/mol. The van der Waals surface area contributed by atoms with E-state index in [0.717, 1.165) is 24.0 Å². The monoisotopic (exact) mass is 282 g/mol. The average Bonchev–Trinajstić information content (AvgIpc) is 2.24. The molecule has 1 aromatic carbocycles. The van der Waals surface area contributed by atoms with Crippen molar-refractivity contribution < 1.29 is 0 Å². The Balaban J connectivity index is 2.10. The fourth-order valence-electron chi connectivity index (χ4n) is 2.07. The minimum absolute atomic E-state index is 0.255. The van der Waals surface area contributed by atoms with Gasteiger partial charge in [0.2, 0.25) is 0 Å². The summed E-state index contributed by atoms with van der Waals surface area (Å²) in [6, 6.07) is 8.72.